The molecule has 0 aliphatic heterocycles. The number of benzene rings is 3. The highest BCUT2D eigenvalue weighted by molar-refractivity contribution is 6.31. The third-order valence-corrected chi connectivity index (χ3v) is 4.76. The molecule has 1 aromatic heterocycles. The van der Waals surface area contributed by atoms with E-state index in [0.717, 1.165) is 21.9 Å². The molecule has 0 atom stereocenters. The fourth-order valence-electron chi connectivity index (χ4n) is 3.37. The molecule has 0 fully saturated rings. The second-order valence-electron chi connectivity index (χ2n) is 6.52. The maximum Gasteiger partial charge on any atom is 0.308 e. The minimum absolute atomic E-state index is 0.275. The van der Waals surface area contributed by atoms with Crippen LogP contribution in [0.1, 0.15) is 18.1 Å². The number of esters is 1. The van der Waals surface area contributed by atoms with Crippen molar-refractivity contribution in [1.29, 1.82) is 0 Å². The standard InChI is InChI=1S/C23H16ClNO3/c1-14(26)28-17-6-4-5-15(11-17)12-20-18-7-2-3-8-19(18)23(27)25-22-10-9-16(24)13-21(20)22/h2-11,13H,12H2,1H3. The number of rotatable bonds is 3. The topological polar surface area (TPSA) is 56.3 Å². The Kier molecular flexibility index (Phi) is 4.80. The predicted octanol–water partition coefficient (Wildman–Crippen LogP) is 4.92. The summed E-state index contributed by atoms with van der Waals surface area (Å²) in [7, 11) is 0. The Morgan fingerprint density at radius 1 is 0.964 bits per heavy atom. The highest BCUT2D eigenvalue weighted by atomic mass is 35.5. The summed E-state index contributed by atoms with van der Waals surface area (Å²) in [5, 5.41) is 2.78. The van der Waals surface area contributed by atoms with E-state index in [1.165, 1.54) is 6.92 Å². The number of fused-ring (bicyclic) bond motifs is 2. The summed E-state index contributed by atoms with van der Waals surface area (Å²) in [6.45, 7) is 1.37. The summed E-state index contributed by atoms with van der Waals surface area (Å²) in [5.41, 5.74) is 2.21. The minimum atomic E-state index is -0.369. The van der Waals surface area contributed by atoms with E-state index in [-0.39, 0.29) is 11.5 Å². The molecule has 28 heavy (non-hydrogen) atoms. The molecule has 4 aromatic rings. The third-order valence-electron chi connectivity index (χ3n) is 4.53. The SMILES string of the molecule is CC(=O)Oc1cccc(Cc2c3cc(Cl)ccc3nc(=O)c3ccccc23)c1. The number of hydrogen-bond acceptors (Lipinski definition) is 4. The molecule has 0 spiro atoms. The van der Waals surface area contributed by atoms with Crippen molar-refractivity contribution in [2.75, 3.05) is 0 Å². The zero-order valence-corrected chi connectivity index (χ0v) is 15.9. The summed E-state index contributed by atoms with van der Waals surface area (Å²) >= 11 is 6.25. The quantitative estimate of drug-likeness (QED) is 0.368. The van der Waals surface area contributed by atoms with Crippen LogP contribution in [0.3, 0.4) is 0 Å². The van der Waals surface area contributed by atoms with Gasteiger partial charge in [0.15, 0.2) is 0 Å². The van der Waals surface area contributed by atoms with Gasteiger partial charge in [-0.05, 0) is 59.3 Å². The van der Waals surface area contributed by atoms with E-state index in [2.05, 4.69) is 4.98 Å². The van der Waals surface area contributed by atoms with Crippen molar-refractivity contribution in [1.82, 2.24) is 4.98 Å². The first-order valence-corrected chi connectivity index (χ1v) is 9.17. The Labute approximate surface area is 166 Å². The van der Waals surface area contributed by atoms with Crippen molar-refractivity contribution in [3.8, 4) is 5.75 Å². The van der Waals surface area contributed by atoms with Crippen LogP contribution in [0.15, 0.2) is 71.5 Å². The Balaban J connectivity index is 1.99. The summed E-state index contributed by atoms with van der Waals surface area (Å²) in [4.78, 5) is 28.2. The highest BCUT2D eigenvalue weighted by Gasteiger charge is 2.11. The lowest BCUT2D eigenvalue weighted by Gasteiger charge is -2.08. The van der Waals surface area contributed by atoms with Crippen LogP contribution in [0.5, 0.6) is 5.75 Å². The predicted molar refractivity (Wildman–Crippen MR) is 111 cm³/mol. The molecule has 0 aliphatic carbocycles. The zero-order valence-electron chi connectivity index (χ0n) is 15.1. The molecule has 0 N–H and O–H groups in total. The van der Waals surface area contributed by atoms with Crippen molar-refractivity contribution in [3.05, 3.63) is 93.2 Å². The first kappa shape index (κ1) is 18.1. The summed E-state index contributed by atoms with van der Waals surface area (Å²) in [6, 6.07) is 20.1. The number of nitrogens with zero attached hydrogens (tertiary/aromatic N) is 1. The van der Waals surface area contributed by atoms with Crippen molar-refractivity contribution < 1.29 is 9.53 Å². The Morgan fingerprint density at radius 3 is 2.54 bits per heavy atom. The molecule has 0 amide bonds. The van der Waals surface area contributed by atoms with Gasteiger partial charge >= 0.3 is 5.97 Å². The van der Waals surface area contributed by atoms with Gasteiger partial charge in [0, 0.05) is 22.7 Å². The van der Waals surface area contributed by atoms with Gasteiger partial charge in [-0.2, -0.15) is 0 Å². The van der Waals surface area contributed by atoms with Gasteiger partial charge in [-0.1, -0.05) is 41.9 Å². The van der Waals surface area contributed by atoms with Gasteiger partial charge in [-0.3, -0.25) is 9.59 Å². The monoisotopic (exact) mass is 389 g/mol. The number of carbonyl (C=O) groups is 1. The lowest BCUT2D eigenvalue weighted by molar-refractivity contribution is -0.131. The first-order chi connectivity index (χ1) is 13.5. The van der Waals surface area contributed by atoms with Crippen LogP contribution in [-0.4, -0.2) is 11.0 Å². The lowest BCUT2D eigenvalue weighted by atomic mass is 9.97. The molecule has 0 aliphatic rings. The molecule has 4 nitrogen and oxygen atoms in total. The molecule has 0 bridgehead atoms. The lowest BCUT2D eigenvalue weighted by Crippen LogP contribution is -2.02. The van der Waals surface area contributed by atoms with E-state index < -0.39 is 0 Å². The van der Waals surface area contributed by atoms with Crippen LogP contribution < -0.4 is 10.3 Å². The largest absolute Gasteiger partial charge is 0.427 e. The van der Waals surface area contributed by atoms with E-state index in [1.807, 2.05) is 42.5 Å². The van der Waals surface area contributed by atoms with Gasteiger partial charge in [0.1, 0.15) is 5.75 Å². The van der Waals surface area contributed by atoms with Crippen LogP contribution in [-0.2, 0) is 11.2 Å². The zero-order chi connectivity index (χ0) is 19.7. The van der Waals surface area contributed by atoms with Crippen molar-refractivity contribution >= 4 is 39.2 Å². The molecule has 5 heteroatoms. The van der Waals surface area contributed by atoms with Gasteiger partial charge in [0.2, 0.25) is 0 Å². The first-order valence-electron chi connectivity index (χ1n) is 8.80. The maximum atomic E-state index is 12.7. The fourth-order valence-corrected chi connectivity index (χ4v) is 3.55. The number of ether oxygens (including phenoxy) is 1. The van der Waals surface area contributed by atoms with Gasteiger partial charge in [-0.15, -0.1) is 0 Å². The third kappa shape index (κ3) is 3.59. The van der Waals surface area contributed by atoms with Gasteiger partial charge in [-0.25, -0.2) is 4.98 Å². The van der Waals surface area contributed by atoms with E-state index >= 15 is 0 Å². The fraction of sp³-hybridized carbons (Fsp3) is 0.0870. The molecule has 3 aromatic carbocycles. The second-order valence-corrected chi connectivity index (χ2v) is 6.96. The van der Waals surface area contributed by atoms with E-state index in [1.54, 1.807) is 24.3 Å². The minimum Gasteiger partial charge on any atom is -0.427 e. The second kappa shape index (κ2) is 7.41. The Bertz CT molecular complexity index is 1280. The van der Waals surface area contributed by atoms with Crippen molar-refractivity contribution in [2.45, 2.75) is 13.3 Å². The summed E-state index contributed by atoms with van der Waals surface area (Å²) in [6.07, 6.45) is 0.530. The molecule has 4 rings (SSSR count). The normalized spacial score (nSPS) is 10.9. The van der Waals surface area contributed by atoms with Gasteiger partial charge in [0.25, 0.3) is 5.56 Å². The van der Waals surface area contributed by atoms with E-state index in [4.69, 9.17) is 16.3 Å². The molecule has 0 saturated heterocycles. The highest BCUT2D eigenvalue weighted by Crippen LogP contribution is 2.28. The average molecular weight is 390 g/mol. The van der Waals surface area contributed by atoms with Gasteiger partial charge in [0.05, 0.1) is 5.52 Å². The van der Waals surface area contributed by atoms with Crippen LogP contribution >= 0.6 is 11.6 Å². The van der Waals surface area contributed by atoms with Crippen molar-refractivity contribution in [3.63, 3.8) is 0 Å². The molecular weight excluding hydrogens is 374 g/mol. The molecule has 0 radical (unpaired) electrons. The average Bonchev–Trinajstić information content (AvgIpc) is 2.77. The van der Waals surface area contributed by atoms with Crippen LogP contribution in [0, 0.1) is 0 Å². The van der Waals surface area contributed by atoms with Crippen LogP contribution in [0.25, 0.3) is 21.7 Å². The smallest absolute Gasteiger partial charge is 0.308 e. The summed E-state index contributed by atoms with van der Waals surface area (Å²) in [5.74, 6) is 0.116. The molecule has 0 saturated carbocycles. The molecule has 1 heterocycles. The van der Waals surface area contributed by atoms with Crippen LogP contribution in [0.4, 0.5) is 0 Å². The number of aromatic nitrogens is 1. The van der Waals surface area contributed by atoms with Crippen molar-refractivity contribution in [2.24, 2.45) is 0 Å². The maximum absolute atomic E-state index is 12.7. The number of halogens is 1. The van der Waals surface area contributed by atoms with Gasteiger partial charge < -0.3 is 4.74 Å². The van der Waals surface area contributed by atoms with E-state index in [9.17, 15) is 9.59 Å². The Morgan fingerprint density at radius 2 is 1.75 bits per heavy atom. The summed E-state index contributed by atoms with van der Waals surface area (Å²) < 4.78 is 5.20. The van der Waals surface area contributed by atoms with E-state index in [0.29, 0.717) is 28.1 Å². The number of hydrogen-bond donors (Lipinski definition) is 0. The Hall–Kier alpha value is -3.24. The molecular formula is C23H16ClNO3. The number of carbonyl (C=O) groups excluding carboxylic acids is 1. The van der Waals surface area contributed by atoms with Crippen LogP contribution in [0.2, 0.25) is 5.02 Å². The molecule has 138 valence electrons. The molecule has 0 unspecified atom stereocenters.